The van der Waals surface area contributed by atoms with Gasteiger partial charge in [-0.3, -0.25) is 9.59 Å². The largest absolute Gasteiger partial charge is 3.00 e. The Hall–Kier alpha value is -4.45. The molecule has 10 heteroatoms. The van der Waals surface area contributed by atoms with Crippen molar-refractivity contribution in [3.05, 3.63) is 75.9 Å². The van der Waals surface area contributed by atoms with Crippen LogP contribution in [0.15, 0.2) is 24.3 Å². The van der Waals surface area contributed by atoms with Crippen molar-refractivity contribution in [3.63, 3.8) is 0 Å². The van der Waals surface area contributed by atoms with Crippen molar-refractivity contribution in [2.24, 2.45) is 0 Å². The van der Waals surface area contributed by atoms with Crippen LogP contribution < -0.4 is 9.97 Å². The van der Waals surface area contributed by atoms with Gasteiger partial charge in [0, 0.05) is 12.8 Å². The Kier molecular flexibility index (Phi) is 11.3. The van der Waals surface area contributed by atoms with E-state index in [0.717, 1.165) is 85.4 Å². The number of carboxylic acid groups (broad SMARTS) is 2. The summed E-state index contributed by atoms with van der Waals surface area (Å²) in [5, 5.41) is 25.2. The second-order valence-corrected chi connectivity index (χ2v) is 11.0. The molecule has 0 aliphatic carbocycles. The fourth-order valence-electron chi connectivity index (χ4n) is 6.06. The number of aromatic nitrogens is 4. The third-order valence-corrected chi connectivity index (χ3v) is 8.53. The van der Waals surface area contributed by atoms with Gasteiger partial charge in [0.1, 0.15) is 0 Å². The molecule has 3 aromatic heterocycles. The van der Waals surface area contributed by atoms with Crippen LogP contribution >= 0.6 is 0 Å². The maximum atomic E-state index is 11.5. The number of nitrogens with zero attached hydrogens (tertiary/aromatic N) is 5. The van der Waals surface area contributed by atoms with Gasteiger partial charge in [0.05, 0.1) is 22.8 Å². The van der Waals surface area contributed by atoms with E-state index >= 15 is 0 Å². The first kappa shape index (κ1) is 35.0. The number of carbonyl (C=O) groups is 2. The van der Waals surface area contributed by atoms with Crippen molar-refractivity contribution >= 4 is 56.3 Å². The standard InChI is InChI=1S/C34H38N4O4.CN.Fe/c1-7-21-17(3)25-13-26-19(5)23(9-11-33(39)40)31(37-26)16-32-24(10-12-34(41)42)20(6)28(38-32)15-30-22(8-2)18(4)27(36-30)14-29(21)35-25;1-2;/h13-16H,7-12H2,1-6H3,(H4,35,36,37,38,39,40,41,42);;/q;-1;+3/p-2. The Morgan fingerprint density at radius 1 is 0.667 bits per heavy atom. The van der Waals surface area contributed by atoms with Crippen LogP contribution in [0.3, 0.4) is 0 Å². The van der Waals surface area contributed by atoms with E-state index in [1.807, 2.05) is 32.0 Å². The van der Waals surface area contributed by atoms with Crippen LogP contribution in [0.5, 0.6) is 0 Å². The molecule has 0 fully saturated rings. The predicted molar refractivity (Wildman–Crippen MR) is 171 cm³/mol. The summed E-state index contributed by atoms with van der Waals surface area (Å²) in [4.78, 5) is 43.1. The molecule has 2 aliphatic heterocycles. The van der Waals surface area contributed by atoms with Crippen molar-refractivity contribution in [2.45, 2.75) is 80.1 Å². The second kappa shape index (κ2) is 14.6. The molecule has 5 rings (SSSR count). The number of allylic oxidation sites excluding steroid dienone is 4. The number of fused-ring (bicyclic) bond motifs is 8. The van der Waals surface area contributed by atoms with Crippen LogP contribution in [0, 0.1) is 25.7 Å². The predicted octanol–water partition coefficient (Wildman–Crippen LogP) is 7.00. The molecule has 5 heterocycles. The molecule has 0 spiro atoms. The summed E-state index contributed by atoms with van der Waals surface area (Å²) in [5.74, 6) is -1.76. The SMILES string of the molecule is CCC1=C(C)c2cc3[n-]c(cc4nc(cc5[n-]c(cc1n2)c(C)c5CC)C(C)=C4CCC(=O)O)c(CCC(=O)O)c3C.[C-]#N.[Fe+3]. The molecule has 233 valence electrons. The molecule has 0 atom stereocenters. The number of carboxylic acids is 2. The Morgan fingerprint density at radius 3 is 1.62 bits per heavy atom. The average Bonchev–Trinajstić information content (AvgIpc) is 3.64. The monoisotopic (exact) mass is 646 g/mol. The van der Waals surface area contributed by atoms with Crippen molar-refractivity contribution in [1.29, 1.82) is 5.26 Å². The zero-order chi connectivity index (χ0) is 32.3. The number of aryl methyl sites for hydroxylation is 4. The van der Waals surface area contributed by atoms with Gasteiger partial charge in [-0.2, -0.15) is 0 Å². The third-order valence-electron chi connectivity index (χ3n) is 8.53. The molecular formula is C35H36FeN5O4. The quantitative estimate of drug-likeness (QED) is 0.195. The zero-order valence-electron chi connectivity index (χ0n) is 26.4. The van der Waals surface area contributed by atoms with E-state index < -0.39 is 11.9 Å². The van der Waals surface area contributed by atoms with E-state index in [2.05, 4.69) is 33.8 Å². The van der Waals surface area contributed by atoms with E-state index in [1.165, 1.54) is 5.57 Å². The minimum absolute atomic E-state index is 0. The molecule has 1 radical (unpaired) electrons. The minimum atomic E-state index is -0.878. The molecule has 8 bridgehead atoms. The van der Waals surface area contributed by atoms with Crippen LogP contribution in [-0.4, -0.2) is 32.1 Å². The Bertz CT molecular complexity index is 1910. The fraction of sp³-hybridized carbons (Fsp3) is 0.343. The van der Waals surface area contributed by atoms with Gasteiger partial charge >= 0.3 is 29.0 Å². The number of hydrogen-bond donors (Lipinski definition) is 2. The Labute approximate surface area is 273 Å². The molecule has 2 aliphatic rings. The van der Waals surface area contributed by atoms with Gasteiger partial charge in [0.2, 0.25) is 0 Å². The van der Waals surface area contributed by atoms with Crippen molar-refractivity contribution in [1.82, 2.24) is 19.9 Å². The summed E-state index contributed by atoms with van der Waals surface area (Å²) in [6.07, 6.45) is 2.23. The second-order valence-electron chi connectivity index (χ2n) is 11.0. The van der Waals surface area contributed by atoms with Crippen molar-refractivity contribution in [3.8, 4) is 0 Å². The van der Waals surface area contributed by atoms with E-state index in [-0.39, 0.29) is 29.9 Å². The van der Waals surface area contributed by atoms with Gasteiger partial charge in [-0.25, -0.2) is 9.97 Å². The van der Waals surface area contributed by atoms with Gasteiger partial charge in [-0.15, -0.1) is 22.1 Å². The van der Waals surface area contributed by atoms with Gasteiger partial charge < -0.3 is 32.0 Å². The molecule has 0 aromatic carbocycles. The maximum Gasteiger partial charge on any atom is 3.00 e. The molecule has 2 N–H and O–H groups in total. The average molecular weight is 647 g/mol. The summed E-state index contributed by atoms with van der Waals surface area (Å²) >= 11 is 0. The number of hydrogen-bond acceptors (Lipinski definition) is 5. The summed E-state index contributed by atoms with van der Waals surface area (Å²) < 4.78 is 0. The van der Waals surface area contributed by atoms with Crippen LogP contribution in [0.1, 0.15) is 98.4 Å². The van der Waals surface area contributed by atoms with Gasteiger partial charge in [0.15, 0.2) is 0 Å². The topological polar surface area (TPSA) is 152 Å². The number of rotatable bonds is 8. The maximum absolute atomic E-state index is 11.5. The molecule has 9 nitrogen and oxygen atoms in total. The van der Waals surface area contributed by atoms with Gasteiger partial charge in [0.25, 0.3) is 0 Å². The third kappa shape index (κ3) is 6.95. The van der Waals surface area contributed by atoms with Crippen LogP contribution in [-0.2, 0) is 39.5 Å². The summed E-state index contributed by atoms with van der Waals surface area (Å²) in [7, 11) is 0. The molecular weight excluding hydrogens is 610 g/mol. The first-order valence-corrected chi connectivity index (χ1v) is 14.7. The molecule has 0 amide bonds. The van der Waals surface area contributed by atoms with E-state index in [9.17, 15) is 19.8 Å². The normalized spacial score (nSPS) is 12.4. The first-order valence-electron chi connectivity index (χ1n) is 14.7. The zero-order valence-corrected chi connectivity index (χ0v) is 27.5. The number of aliphatic carboxylic acids is 2. The van der Waals surface area contributed by atoms with E-state index in [1.54, 1.807) is 0 Å². The Balaban J connectivity index is 0.00000180. The molecule has 45 heavy (non-hydrogen) atoms. The van der Waals surface area contributed by atoms with Crippen molar-refractivity contribution in [2.75, 3.05) is 0 Å². The van der Waals surface area contributed by atoms with Gasteiger partial charge in [-0.05, 0) is 75.7 Å². The van der Waals surface area contributed by atoms with Crippen LogP contribution in [0.2, 0.25) is 0 Å². The van der Waals surface area contributed by atoms with E-state index in [0.29, 0.717) is 24.1 Å². The van der Waals surface area contributed by atoms with Crippen LogP contribution in [0.4, 0.5) is 0 Å². The molecule has 0 saturated carbocycles. The molecule has 3 aromatic rings. The first-order chi connectivity index (χ1) is 21.0. The summed E-state index contributed by atoms with van der Waals surface area (Å²) in [6, 6.07) is 7.93. The minimum Gasteiger partial charge on any atom is -0.657 e. The molecule has 0 saturated heterocycles. The summed E-state index contributed by atoms with van der Waals surface area (Å²) in [5.41, 5.74) is 14.3. The van der Waals surface area contributed by atoms with Crippen molar-refractivity contribution < 1.29 is 36.9 Å². The van der Waals surface area contributed by atoms with Gasteiger partial charge in [-0.1, -0.05) is 60.4 Å². The Morgan fingerprint density at radius 2 is 1.09 bits per heavy atom. The fourth-order valence-corrected chi connectivity index (χ4v) is 6.06. The summed E-state index contributed by atoms with van der Waals surface area (Å²) in [6.45, 7) is 17.1. The molecule has 0 unspecified atom stereocenters. The van der Waals surface area contributed by atoms with E-state index in [4.69, 9.17) is 31.8 Å². The van der Waals surface area contributed by atoms with Crippen LogP contribution in [0.25, 0.3) is 44.4 Å². The smallest absolute Gasteiger partial charge is 0.657 e.